The third kappa shape index (κ3) is 4.55. The zero-order valence-corrected chi connectivity index (χ0v) is 10.5. The van der Waals surface area contributed by atoms with E-state index in [1.54, 1.807) is 12.3 Å². The quantitative estimate of drug-likeness (QED) is 0.594. The van der Waals surface area contributed by atoms with E-state index in [9.17, 15) is 0 Å². The molecule has 0 saturated carbocycles. The molecular weight excluding hydrogens is 222 g/mol. The molecule has 0 radical (unpaired) electrons. The minimum Gasteiger partial charge on any atom is -0.492 e. The second-order valence-corrected chi connectivity index (χ2v) is 4.19. The van der Waals surface area contributed by atoms with Crippen molar-refractivity contribution in [1.82, 2.24) is 9.88 Å². The Kier molecular flexibility index (Phi) is 5.14. The van der Waals surface area contributed by atoms with E-state index < -0.39 is 0 Å². The van der Waals surface area contributed by atoms with Crippen LogP contribution in [-0.4, -0.2) is 42.1 Å². The molecule has 1 aromatic rings. The lowest BCUT2D eigenvalue weighted by Gasteiger charge is -2.10. The maximum Gasteiger partial charge on any atom is 0.137 e. The Bertz CT molecular complexity index is 338. The van der Waals surface area contributed by atoms with Gasteiger partial charge in [0.05, 0.1) is 18.5 Å². The highest BCUT2D eigenvalue weighted by atomic mass is 32.1. The van der Waals surface area contributed by atoms with Crippen molar-refractivity contribution in [3.8, 4) is 5.75 Å². The second-order valence-electron chi connectivity index (χ2n) is 3.75. The number of hydrogen-bond acceptors (Lipinski definition) is 4. The standard InChI is InChI=1S/C11H17N3OS/c1-14(2)6-3-7-15-9-4-5-10(11(12)16)13-8-9/h4-5,8H,3,6-7H2,1-2H3,(H2,12,16). The van der Waals surface area contributed by atoms with Crippen LogP contribution in [0.3, 0.4) is 0 Å². The van der Waals surface area contributed by atoms with Gasteiger partial charge < -0.3 is 15.4 Å². The first-order valence-electron chi connectivity index (χ1n) is 5.13. The van der Waals surface area contributed by atoms with Crippen LogP contribution < -0.4 is 10.5 Å². The normalized spacial score (nSPS) is 10.4. The van der Waals surface area contributed by atoms with Crippen molar-refractivity contribution < 1.29 is 4.74 Å². The van der Waals surface area contributed by atoms with Gasteiger partial charge in [-0.1, -0.05) is 12.2 Å². The predicted octanol–water partition coefficient (Wildman–Crippen LogP) is 1.05. The van der Waals surface area contributed by atoms with Crippen LogP contribution in [-0.2, 0) is 0 Å². The average molecular weight is 239 g/mol. The minimum atomic E-state index is 0.305. The van der Waals surface area contributed by atoms with Crippen LogP contribution in [0.2, 0.25) is 0 Å². The minimum absolute atomic E-state index is 0.305. The number of nitrogens with two attached hydrogens (primary N) is 1. The fourth-order valence-corrected chi connectivity index (χ4v) is 1.30. The fraction of sp³-hybridized carbons (Fsp3) is 0.455. The number of nitrogens with zero attached hydrogens (tertiary/aromatic N) is 2. The van der Waals surface area contributed by atoms with Gasteiger partial charge in [-0.2, -0.15) is 0 Å². The average Bonchev–Trinajstić information content (AvgIpc) is 2.25. The zero-order valence-electron chi connectivity index (χ0n) is 9.64. The van der Waals surface area contributed by atoms with Crippen molar-refractivity contribution in [2.75, 3.05) is 27.2 Å². The molecule has 0 fully saturated rings. The molecule has 0 amide bonds. The summed E-state index contributed by atoms with van der Waals surface area (Å²) in [5.41, 5.74) is 6.06. The number of thiocarbonyl (C=S) groups is 1. The molecule has 1 aromatic heterocycles. The highest BCUT2D eigenvalue weighted by Gasteiger charge is 1.99. The van der Waals surface area contributed by atoms with Gasteiger partial charge in [0.1, 0.15) is 10.7 Å². The van der Waals surface area contributed by atoms with Gasteiger partial charge in [-0.25, -0.2) is 4.98 Å². The second kappa shape index (κ2) is 6.40. The van der Waals surface area contributed by atoms with Crippen LogP contribution in [0.5, 0.6) is 5.75 Å². The lowest BCUT2D eigenvalue weighted by atomic mass is 10.3. The fourth-order valence-electron chi connectivity index (χ4n) is 1.18. The van der Waals surface area contributed by atoms with Gasteiger partial charge in [0.2, 0.25) is 0 Å². The molecule has 0 saturated heterocycles. The first-order chi connectivity index (χ1) is 7.59. The molecular formula is C11H17N3OS. The summed E-state index contributed by atoms with van der Waals surface area (Å²) in [7, 11) is 4.08. The maximum absolute atomic E-state index is 5.52. The van der Waals surface area contributed by atoms with Gasteiger partial charge in [-0.3, -0.25) is 0 Å². The molecule has 16 heavy (non-hydrogen) atoms. The molecule has 0 aromatic carbocycles. The summed E-state index contributed by atoms with van der Waals surface area (Å²) < 4.78 is 5.52. The van der Waals surface area contributed by atoms with E-state index in [1.165, 1.54) is 0 Å². The largest absolute Gasteiger partial charge is 0.492 e. The summed E-state index contributed by atoms with van der Waals surface area (Å²) in [5.74, 6) is 0.749. The molecule has 0 aliphatic rings. The molecule has 5 heteroatoms. The van der Waals surface area contributed by atoms with Gasteiger partial charge in [0.15, 0.2) is 0 Å². The third-order valence-electron chi connectivity index (χ3n) is 2.01. The van der Waals surface area contributed by atoms with Crippen LogP contribution in [0.15, 0.2) is 18.3 Å². The highest BCUT2D eigenvalue weighted by Crippen LogP contribution is 2.09. The van der Waals surface area contributed by atoms with Crippen LogP contribution in [0.1, 0.15) is 12.1 Å². The van der Waals surface area contributed by atoms with Crippen LogP contribution in [0.25, 0.3) is 0 Å². The Morgan fingerprint density at radius 1 is 1.50 bits per heavy atom. The summed E-state index contributed by atoms with van der Waals surface area (Å²) in [4.78, 5) is 6.52. The van der Waals surface area contributed by atoms with E-state index in [1.807, 2.05) is 20.2 Å². The SMILES string of the molecule is CN(C)CCCOc1ccc(C(N)=S)nc1. The number of ether oxygens (including phenoxy) is 1. The Labute approximate surface area is 101 Å². The van der Waals surface area contributed by atoms with Crippen molar-refractivity contribution in [1.29, 1.82) is 0 Å². The zero-order chi connectivity index (χ0) is 12.0. The molecule has 0 atom stereocenters. The first-order valence-corrected chi connectivity index (χ1v) is 5.54. The number of rotatable bonds is 6. The molecule has 0 bridgehead atoms. The van der Waals surface area contributed by atoms with Gasteiger partial charge in [-0.15, -0.1) is 0 Å². The van der Waals surface area contributed by atoms with E-state index in [0.29, 0.717) is 17.3 Å². The van der Waals surface area contributed by atoms with Crippen molar-refractivity contribution in [2.24, 2.45) is 5.73 Å². The first kappa shape index (κ1) is 12.9. The molecule has 1 rings (SSSR count). The van der Waals surface area contributed by atoms with E-state index in [4.69, 9.17) is 22.7 Å². The van der Waals surface area contributed by atoms with Crippen molar-refractivity contribution in [3.63, 3.8) is 0 Å². The third-order valence-corrected chi connectivity index (χ3v) is 2.22. The summed E-state index contributed by atoms with van der Waals surface area (Å²) >= 11 is 4.81. The Balaban J connectivity index is 2.35. The maximum atomic E-state index is 5.52. The summed E-state index contributed by atoms with van der Waals surface area (Å²) in [5, 5.41) is 0. The molecule has 0 aliphatic heterocycles. The molecule has 0 spiro atoms. The lowest BCUT2D eigenvalue weighted by Crippen LogP contribution is -2.15. The van der Waals surface area contributed by atoms with Crippen molar-refractivity contribution >= 4 is 17.2 Å². The summed E-state index contributed by atoms with van der Waals surface area (Å²) in [6, 6.07) is 3.60. The summed E-state index contributed by atoms with van der Waals surface area (Å²) in [6.45, 7) is 1.70. The van der Waals surface area contributed by atoms with E-state index in [-0.39, 0.29) is 0 Å². The Morgan fingerprint density at radius 2 is 2.25 bits per heavy atom. The Hall–Kier alpha value is -1.20. The van der Waals surface area contributed by atoms with E-state index in [0.717, 1.165) is 18.7 Å². The van der Waals surface area contributed by atoms with Gasteiger partial charge in [-0.05, 0) is 32.6 Å². The van der Waals surface area contributed by atoms with Gasteiger partial charge in [0, 0.05) is 6.54 Å². The molecule has 0 unspecified atom stereocenters. The van der Waals surface area contributed by atoms with Gasteiger partial charge >= 0.3 is 0 Å². The highest BCUT2D eigenvalue weighted by molar-refractivity contribution is 7.80. The van der Waals surface area contributed by atoms with Crippen LogP contribution in [0.4, 0.5) is 0 Å². The van der Waals surface area contributed by atoms with E-state index >= 15 is 0 Å². The number of aromatic nitrogens is 1. The monoisotopic (exact) mass is 239 g/mol. The molecule has 0 aliphatic carbocycles. The predicted molar refractivity (Wildman–Crippen MR) is 68.8 cm³/mol. The number of hydrogen-bond donors (Lipinski definition) is 1. The Morgan fingerprint density at radius 3 is 2.75 bits per heavy atom. The molecule has 88 valence electrons. The van der Waals surface area contributed by atoms with Crippen LogP contribution >= 0.6 is 12.2 Å². The topological polar surface area (TPSA) is 51.4 Å². The summed E-state index contributed by atoms with van der Waals surface area (Å²) in [6.07, 6.45) is 2.63. The smallest absolute Gasteiger partial charge is 0.137 e. The lowest BCUT2D eigenvalue weighted by molar-refractivity contribution is 0.281. The van der Waals surface area contributed by atoms with Crippen molar-refractivity contribution in [2.45, 2.75) is 6.42 Å². The van der Waals surface area contributed by atoms with Gasteiger partial charge in [0.25, 0.3) is 0 Å². The van der Waals surface area contributed by atoms with Crippen LogP contribution in [0, 0.1) is 0 Å². The number of pyridine rings is 1. The van der Waals surface area contributed by atoms with Crippen molar-refractivity contribution in [3.05, 3.63) is 24.0 Å². The molecule has 4 nitrogen and oxygen atoms in total. The molecule has 2 N–H and O–H groups in total. The molecule has 1 heterocycles. The van der Waals surface area contributed by atoms with E-state index in [2.05, 4.69) is 9.88 Å².